The number of amides is 1. The van der Waals surface area contributed by atoms with Crippen LogP contribution in [0.25, 0.3) is 0 Å². The minimum absolute atomic E-state index is 0.224. The Labute approximate surface area is 135 Å². The molecule has 1 aliphatic heterocycles. The summed E-state index contributed by atoms with van der Waals surface area (Å²) in [4.78, 5) is 13.4. The van der Waals surface area contributed by atoms with Crippen LogP contribution >= 0.6 is 0 Å². The minimum atomic E-state index is 0.224. The van der Waals surface area contributed by atoms with E-state index in [2.05, 4.69) is 12.2 Å². The van der Waals surface area contributed by atoms with E-state index >= 15 is 0 Å². The van der Waals surface area contributed by atoms with E-state index in [9.17, 15) is 4.79 Å². The maximum absolute atomic E-state index is 11.4. The molecule has 1 spiro atoms. The predicted octanol–water partition coefficient (Wildman–Crippen LogP) is 2.71. The summed E-state index contributed by atoms with van der Waals surface area (Å²) < 4.78 is 6.05. The second-order valence-electron chi connectivity index (χ2n) is 7.47. The zero-order chi connectivity index (χ0) is 15.6. The van der Waals surface area contributed by atoms with Crippen molar-refractivity contribution in [3.05, 3.63) is 0 Å². The Hall–Kier alpha value is -0.610. The van der Waals surface area contributed by atoms with Gasteiger partial charge in [0.2, 0.25) is 5.91 Å². The van der Waals surface area contributed by atoms with Gasteiger partial charge in [-0.1, -0.05) is 19.3 Å². The monoisotopic (exact) mass is 308 g/mol. The molecule has 0 unspecified atom stereocenters. The number of hydrogen-bond acceptors (Lipinski definition) is 3. The van der Waals surface area contributed by atoms with Gasteiger partial charge < -0.3 is 15.0 Å². The van der Waals surface area contributed by atoms with E-state index in [0.29, 0.717) is 23.6 Å². The summed E-state index contributed by atoms with van der Waals surface area (Å²) in [6.45, 7) is 6.48. The highest BCUT2D eigenvalue weighted by Gasteiger charge is 2.55. The molecule has 0 aromatic heterocycles. The van der Waals surface area contributed by atoms with Crippen molar-refractivity contribution in [2.45, 2.75) is 83.4 Å². The highest BCUT2D eigenvalue weighted by atomic mass is 16.5. The lowest BCUT2D eigenvalue weighted by atomic mass is 9.55. The molecule has 4 nitrogen and oxygen atoms in total. The maximum atomic E-state index is 11.4. The first-order chi connectivity index (χ1) is 10.7. The first kappa shape index (κ1) is 16.3. The Balaban J connectivity index is 1.55. The van der Waals surface area contributed by atoms with Crippen LogP contribution in [0.1, 0.15) is 65.2 Å². The summed E-state index contributed by atoms with van der Waals surface area (Å²) in [5, 5.41) is 3.95. The van der Waals surface area contributed by atoms with E-state index in [0.717, 1.165) is 32.5 Å². The largest absolute Gasteiger partial charge is 0.378 e. The average molecular weight is 308 g/mol. The third-order valence-electron chi connectivity index (χ3n) is 6.31. The van der Waals surface area contributed by atoms with Crippen LogP contribution < -0.4 is 5.32 Å². The van der Waals surface area contributed by atoms with Crippen LogP contribution in [-0.4, -0.2) is 48.7 Å². The number of rotatable bonds is 4. The van der Waals surface area contributed by atoms with Gasteiger partial charge in [-0.3, -0.25) is 4.79 Å². The van der Waals surface area contributed by atoms with Crippen LogP contribution in [-0.2, 0) is 9.53 Å². The van der Waals surface area contributed by atoms with Gasteiger partial charge in [-0.2, -0.15) is 0 Å². The molecule has 4 heteroatoms. The fourth-order valence-corrected chi connectivity index (χ4v) is 4.94. The molecule has 3 rings (SSSR count). The van der Waals surface area contributed by atoms with Gasteiger partial charge in [-0.25, -0.2) is 0 Å². The molecule has 0 bridgehead atoms. The lowest BCUT2D eigenvalue weighted by Gasteiger charge is -2.59. The molecule has 0 aromatic rings. The van der Waals surface area contributed by atoms with Crippen LogP contribution in [0.15, 0.2) is 0 Å². The van der Waals surface area contributed by atoms with E-state index in [-0.39, 0.29) is 5.91 Å². The SMILES string of the molecule is CCO[C@H]1C[C@@H](NC2CCN(C(C)=O)CC2)C12CCCCC2. The zero-order valence-corrected chi connectivity index (χ0v) is 14.3. The minimum Gasteiger partial charge on any atom is -0.378 e. The van der Waals surface area contributed by atoms with Gasteiger partial charge in [-0.05, 0) is 39.0 Å². The summed E-state index contributed by atoms with van der Waals surface area (Å²) in [5.74, 6) is 0.224. The van der Waals surface area contributed by atoms with Crippen molar-refractivity contribution in [2.75, 3.05) is 19.7 Å². The van der Waals surface area contributed by atoms with E-state index in [1.165, 1.54) is 38.5 Å². The van der Waals surface area contributed by atoms with E-state index < -0.39 is 0 Å². The molecule has 1 N–H and O–H groups in total. The van der Waals surface area contributed by atoms with Gasteiger partial charge in [0.05, 0.1) is 6.10 Å². The van der Waals surface area contributed by atoms with Crippen molar-refractivity contribution in [1.29, 1.82) is 0 Å². The molecule has 3 fully saturated rings. The highest BCUT2D eigenvalue weighted by Crippen LogP contribution is 2.53. The van der Waals surface area contributed by atoms with Crippen molar-refractivity contribution >= 4 is 5.91 Å². The molecule has 3 aliphatic rings. The first-order valence-corrected chi connectivity index (χ1v) is 9.29. The summed E-state index contributed by atoms with van der Waals surface area (Å²) in [5.41, 5.74) is 0.409. The lowest BCUT2D eigenvalue weighted by Crippen LogP contribution is -2.66. The van der Waals surface area contributed by atoms with Crippen molar-refractivity contribution in [2.24, 2.45) is 5.41 Å². The standard InChI is InChI=1S/C18H32N2O2/c1-3-22-17-13-16(18(17)9-5-4-6-10-18)19-15-7-11-20(12-8-15)14(2)21/h15-17,19H,3-13H2,1-2H3/t16-,17+/m1/s1. The molecule has 22 heavy (non-hydrogen) atoms. The number of hydrogen-bond donors (Lipinski definition) is 1. The summed E-state index contributed by atoms with van der Waals surface area (Å²) >= 11 is 0. The predicted molar refractivity (Wildman–Crippen MR) is 87.7 cm³/mol. The Morgan fingerprint density at radius 1 is 1.23 bits per heavy atom. The first-order valence-electron chi connectivity index (χ1n) is 9.29. The second kappa shape index (κ2) is 6.88. The molecule has 1 amide bonds. The van der Waals surface area contributed by atoms with Gasteiger partial charge in [0.25, 0.3) is 0 Å². The van der Waals surface area contributed by atoms with E-state index in [1.807, 2.05) is 4.90 Å². The Bertz CT molecular complexity index is 385. The molecular formula is C18H32N2O2. The summed E-state index contributed by atoms with van der Waals surface area (Å²) in [6, 6.07) is 1.22. The van der Waals surface area contributed by atoms with E-state index in [1.54, 1.807) is 6.92 Å². The molecule has 0 radical (unpaired) electrons. The molecule has 1 heterocycles. The van der Waals surface area contributed by atoms with Crippen LogP contribution in [0, 0.1) is 5.41 Å². The second-order valence-corrected chi connectivity index (χ2v) is 7.47. The molecule has 126 valence electrons. The third-order valence-corrected chi connectivity index (χ3v) is 6.31. The van der Waals surface area contributed by atoms with Gasteiger partial charge in [0, 0.05) is 44.1 Å². The van der Waals surface area contributed by atoms with Gasteiger partial charge in [0.1, 0.15) is 0 Å². The zero-order valence-electron chi connectivity index (χ0n) is 14.3. The Morgan fingerprint density at radius 2 is 1.91 bits per heavy atom. The highest BCUT2D eigenvalue weighted by molar-refractivity contribution is 5.73. The fourth-order valence-electron chi connectivity index (χ4n) is 4.94. The summed E-state index contributed by atoms with van der Waals surface area (Å²) in [6.07, 6.45) is 10.7. The topological polar surface area (TPSA) is 41.6 Å². The Kier molecular flexibility index (Phi) is 5.08. The van der Waals surface area contributed by atoms with E-state index in [4.69, 9.17) is 4.74 Å². The lowest BCUT2D eigenvalue weighted by molar-refractivity contribution is -0.153. The number of likely N-dealkylation sites (tertiary alicyclic amines) is 1. The van der Waals surface area contributed by atoms with Crippen molar-refractivity contribution in [3.63, 3.8) is 0 Å². The number of carbonyl (C=O) groups excluding carboxylic acids is 1. The van der Waals surface area contributed by atoms with Gasteiger partial charge >= 0.3 is 0 Å². The number of ether oxygens (including phenoxy) is 1. The quantitative estimate of drug-likeness (QED) is 0.868. The van der Waals surface area contributed by atoms with Crippen molar-refractivity contribution in [1.82, 2.24) is 10.2 Å². The van der Waals surface area contributed by atoms with Gasteiger partial charge in [-0.15, -0.1) is 0 Å². The van der Waals surface area contributed by atoms with Crippen molar-refractivity contribution in [3.8, 4) is 0 Å². The van der Waals surface area contributed by atoms with Crippen LogP contribution in [0.3, 0.4) is 0 Å². The Morgan fingerprint density at radius 3 is 2.50 bits per heavy atom. The van der Waals surface area contributed by atoms with Crippen molar-refractivity contribution < 1.29 is 9.53 Å². The van der Waals surface area contributed by atoms with Gasteiger partial charge in [0.15, 0.2) is 0 Å². The molecule has 2 atom stereocenters. The average Bonchev–Trinajstić information content (AvgIpc) is 2.55. The molecule has 2 aliphatic carbocycles. The maximum Gasteiger partial charge on any atom is 0.219 e. The number of nitrogens with zero attached hydrogens (tertiary/aromatic N) is 1. The molecule has 1 saturated heterocycles. The molecule has 2 saturated carbocycles. The number of piperidine rings is 1. The summed E-state index contributed by atoms with van der Waals surface area (Å²) in [7, 11) is 0. The fraction of sp³-hybridized carbons (Fsp3) is 0.944. The normalized spacial score (nSPS) is 32.0. The number of carbonyl (C=O) groups is 1. The molecular weight excluding hydrogens is 276 g/mol. The molecule has 0 aromatic carbocycles. The smallest absolute Gasteiger partial charge is 0.219 e. The third kappa shape index (κ3) is 3.05. The van der Waals surface area contributed by atoms with Crippen LogP contribution in [0.2, 0.25) is 0 Å². The van der Waals surface area contributed by atoms with Crippen LogP contribution in [0.4, 0.5) is 0 Å². The van der Waals surface area contributed by atoms with Crippen LogP contribution in [0.5, 0.6) is 0 Å². The number of nitrogens with one attached hydrogen (secondary N) is 1.